The van der Waals surface area contributed by atoms with Crippen LogP contribution >= 0.6 is 11.3 Å². The lowest BCUT2D eigenvalue weighted by Crippen LogP contribution is -2.11. The van der Waals surface area contributed by atoms with Crippen molar-refractivity contribution in [1.29, 1.82) is 5.26 Å². The van der Waals surface area contributed by atoms with Crippen molar-refractivity contribution < 1.29 is 14.3 Å². The molecule has 6 heteroatoms. The molecule has 1 aromatic heterocycles. The van der Waals surface area contributed by atoms with Gasteiger partial charge in [-0.1, -0.05) is 39.0 Å². The number of hydrogen-bond acceptors (Lipinski definition) is 5. The summed E-state index contributed by atoms with van der Waals surface area (Å²) in [6.45, 7) is 7.42. The van der Waals surface area contributed by atoms with Gasteiger partial charge < -0.3 is 10.1 Å². The van der Waals surface area contributed by atoms with Crippen LogP contribution in [0.3, 0.4) is 0 Å². The van der Waals surface area contributed by atoms with Gasteiger partial charge in [0.2, 0.25) is 5.91 Å². The van der Waals surface area contributed by atoms with E-state index >= 15 is 0 Å². The van der Waals surface area contributed by atoms with Crippen molar-refractivity contribution in [1.82, 2.24) is 0 Å². The standard InChI is InChI=1S/C19H28N2O3S/c1-5-6-7-8-9-10-11-16(22)21-18-15(12-20)14(4)17(25-18)19(23)24-13(2)3/h13H,5-11H2,1-4H3,(H,21,22). The molecule has 138 valence electrons. The number of amides is 1. The molecule has 0 atom stereocenters. The average molecular weight is 365 g/mol. The number of carbonyl (C=O) groups is 2. The molecular formula is C19H28N2O3S. The summed E-state index contributed by atoms with van der Waals surface area (Å²) in [5.41, 5.74) is 0.907. The van der Waals surface area contributed by atoms with Crippen LogP contribution in [0.4, 0.5) is 5.00 Å². The van der Waals surface area contributed by atoms with Crippen LogP contribution in [-0.2, 0) is 9.53 Å². The second-order valence-corrected chi connectivity index (χ2v) is 7.41. The molecule has 0 radical (unpaired) electrons. The van der Waals surface area contributed by atoms with Crippen molar-refractivity contribution in [3.05, 3.63) is 16.0 Å². The van der Waals surface area contributed by atoms with E-state index < -0.39 is 5.97 Å². The highest BCUT2D eigenvalue weighted by Crippen LogP contribution is 2.33. The first kappa shape index (κ1) is 21.2. The van der Waals surface area contributed by atoms with E-state index in [2.05, 4.69) is 18.3 Å². The molecule has 25 heavy (non-hydrogen) atoms. The lowest BCUT2D eigenvalue weighted by atomic mass is 10.1. The third kappa shape index (κ3) is 6.87. The highest BCUT2D eigenvalue weighted by Gasteiger charge is 2.22. The van der Waals surface area contributed by atoms with Crippen LogP contribution in [0.1, 0.15) is 86.5 Å². The second kappa shape index (κ2) is 10.9. The van der Waals surface area contributed by atoms with Gasteiger partial charge in [0.1, 0.15) is 15.9 Å². The smallest absolute Gasteiger partial charge is 0.348 e. The summed E-state index contributed by atoms with van der Waals surface area (Å²) in [5, 5.41) is 12.6. The zero-order chi connectivity index (χ0) is 18.8. The molecule has 0 aliphatic carbocycles. The SMILES string of the molecule is CCCCCCCCC(=O)Nc1sc(C(=O)OC(C)C)c(C)c1C#N. The van der Waals surface area contributed by atoms with E-state index in [0.717, 1.165) is 30.6 Å². The number of rotatable bonds is 10. The van der Waals surface area contributed by atoms with Gasteiger partial charge in [-0.2, -0.15) is 5.26 Å². The van der Waals surface area contributed by atoms with Gasteiger partial charge in [0.15, 0.2) is 0 Å². The molecule has 0 saturated carbocycles. The predicted octanol–water partition coefficient (Wildman–Crippen LogP) is 5.18. The summed E-state index contributed by atoms with van der Waals surface area (Å²) >= 11 is 1.11. The molecule has 0 saturated heterocycles. The summed E-state index contributed by atoms with van der Waals surface area (Å²) in [7, 11) is 0. The van der Waals surface area contributed by atoms with E-state index in [1.807, 2.05) is 0 Å². The normalized spacial score (nSPS) is 10.6. The Balaban J connectivity index is 2.64. The summed E-state index contributed by atoms with van der Waals surface area (Å²) in [5.74, 6) is -0.567. The minimum atomic E-state index is -0.453. The van der Waals surface area contributed by atoms with Crippen molar-refractivity contribution in [3.8, 4) is 6.07 Å². The fourth-order valence-electron chi connectivity index (χ4n) is 2.45. The summed E-state index contributed by atoms with van der Waals surface area (Å²) in [6, 6.07) is 2.08. The summed E-state index contributed by atoms with van der Waals surface area (Å²) in [6.07, 6.45) is 6.87. The Labute approximate surface area is 154 Å². The van der Waals surface area contributed by atoms with Crippen LogP contribution in [0.5, 0.6) is 0 Å². The van der Waals surface area contributed by atoms with Gasteiger partial charge in [-0.05, 0) is 32.8 Å². The van der Waals surface area contributed by atoms with Crippen LogP contribution in [0.2, 0.25) is 0 Å². The highest BCUT2D eigenvalue weighted by molar-refractivity contribution is 7.18. The first-order valence-electron chi connectivity index (χ1n) is 8.95. The van der Waals surface area contributed by atoms with Gasteiger partial charge in [0.05, 0.1) is 11.7 Å². The highest BCUT2D eigenvalue weighted by atomic mass is 32.1. The second-order valence-electron chi connectivity index (χ2n) is 6.39. The first-order chi connectivity index (χ1) is 11.9. The van der Waals surface area contributed by atoms with Crippen LogP contribution < -0.4 is 5.32 Å². The molecular weight excluding hydrogens is 336 g/mol. The van der Waals surface area contributed by atoms with Crippen molar-refractivity contribution >= 4 is 28.2 Å². The zero-order valence-corrected chi connectivity index (χ0v) is 16.4. The Hall–Kier alpha value is -1.87. The van der Waals surface area contributed by atoms with Crippen LogP contribution in [0.25, 0.3) is 0 Å². The van der Waals surface area contributed by atoms with E-state index in [4.69, 9.17) is 4.74 Å². The third-order valence-corrected chi connectivity index (χ3v) is 4.98. The largest absolute Gasteiger partial charge is 0.459 e. The van der Waals surface area contributed by atoms with Gasteiger partial charge in [-0.15, -0.1) is 11.3 Å². The van der Waals surface area contributed by atoms with Gasteiger partial charge in [0, 0.05) is 6.42 Å². The molecule has 0 fully saturated rings. The summed E-state index contributed by atoms with van der Waals surface area (Å²) < 4.78 is 5.20. The Morgan fingerprint density at radius 1 is 1.20 bits per heavy atom. The van der Waals surface area contributed by atoms with E-state index in [9.17, 15) is 14.9 Å². The van der Waals surface area contributed by atoms with Crippen molar-refractivity contribution in [2.24, 2.45) is 0 Å². The Bertz CT molecular complexity index is 629. The molecule has 0 unspecified atom stereocenters. The molecule has 5 nitrogen and oxygen atoms in total. The van der Waals surface area contributed by atoms with Crippen molar-refractivity contribution in [2.45, 2.75) is 78.7 Å². The molecule has 0 bridgehead atoms. The van der Waals surface area contributed by atoms with E-state index in [1.54, 1.807) is 20.8 Å². The predicted molar refractivity (Wildman–Crippen MR) is 101 cm³/mol. The lowest BCUT2D eigenvalue weighted by molar-refractivity contribution is -0.116. The van der Waals surface area contributed by atoms with Crippen molar-refractivity contribution in [2.75, 3.05) is 5.32 Å². The molecule has 1 amide bonds. The Morgan fingerprint density at radius 3 is 2.44 bits per heavy atom. The number of nitriles is 1. The molecule has 1 rings (SSSR count). The number of hydrogen-bond donors (Lipinski definition) is 1. The van der Waals surface area contributed by atoms with Gasteiger partial charge in [-0.3, -0.25) is 4.79 Å². The molecule has 0 aliphatic rings. The quantitative estimate of drug-likeness (QED) is 0.458. The molecule has 0 aromatic carbocycles. The van der Waals surface area contributed by atoms with Crippen LogP contribution in [0, 0.1) is 18.3 Å². The fraction of sp³-hybridized carbons (Fsp3) is 0.632. The molecule has 0 spiro atoms. The average Bonchev–Trinajstić information content (AvgIpc) is 2.85. The Morgan fingerprint density at radius 2 is 1.84 bits per heavy atom. The van der Waals surface area contributed by atoms with E-state index in [-0.39, 0.29) is 12.0 Å². The lowest BCUT2D eigenvalue weighted by Gasteiger charge is -2.06. The van der Waals surface area contributed by atoms with E-state index in [1.165, 1.54) is 19.3 Å². The molecule has 0 aliphatic heterocycles. The maximum Gasteiger partial charge on any atom is 0.348 e. The van der Waals surface area contributed by atoms with Gasteiger partial charge in [0.25, 0.3) is 0 Å². The fourth-order valence-corrected chi connectivity index (χ4v) is 3.51. The Kier molecular flexibility index (Phi) is 9.22. The third-order valence-electron chi connectivity index (χ3n) is 3.80. The number of ether oxygens (including phenoxy) is 1. The maximum absolute atomic E-state index is 12.1. The number of anilines is 1. The minimum Gasteiger partial charge on any atom is -0.459 e. The van der Waals surface area contributed by atoms with Crippen LogP contribution in [0.15, 0.2) is 0 Å². The number of thiophene rings is 1. The van der Waals surface area contributed by atoms with E-state index in [0.29, 0.717) is 27.4 Å². The number of unbranched alkanes of at least 4 members (excludes halogenated alkanes) is 5. The zero-order valence-electron chi connectivity index (χ0n) is 15.6. The molecule has 1 aromatic rings. The number of nitrogens with one attached hydrogen (secondary N) is 1. The number of nitrogens with zero attached hydrogens (tertiary/aromatic N) is 1. The summed E-state index contributed by atoms with van der Waals surface area (Å²) in [4.78, 5) is 24.6. The van der Waals surface area contributed by atoms with Crippen LogP contribution in [-0.4, -0.2) is 18.0 Å². The number of carbonyl (C=O) groups excluding carboxylic acids is 2. The monoisotopic (exact) mass is 364 g/mol. The molecule has 1 heterocycles. The van der Waals surface area contributed by atoms with Gasteiger partial charge >= 0.3 is 5.97 Å². The van der Waals surface area contributed by atoms with Crippen molar-refractivity contribution in [3.63, 3.8) is 0 Å². The number of esters is 1. The van der Waals surface area contributed by atoms with Gasteiger partial charge in [-0.25, -0.2) is 4.79 Å². The topological polar surface area (TPSA) is 79.2 Å². The first-order valence-corrected chi connectivity index (χ1v) is 9.76. The maximum atomic E-state index is 12.1. The molecule has 1 N–H and O–H groups in total. The minimum absolute atomic E-state index is 0.114.